The fourth-order valence-electron chi connectivity index (χ4n) is 5.69. The highest BCUT2D eigenvalue weighted by atomic mass is 19.2. The van der Waals surface area contributed by atoms with Gasteiger partial charge in [0, 0.05) is 37.3 Å². The number of carbonyl (C=O) groups is 1. The first kappa shape index (κ1) is 26.0. The molecule has 2 amide bonds. The van der Waals surface area contributed by atoms with Gasteiger partial charge >= 0.3 is 6.03 Å². The number of benzene rings is 1. The Balaban J connectivity index is 1.35. The normalized spacial score (nSPS) is 20.6. The summed E-state index contributed by atoms with van der Waals surface area (Å²) in [5.41, 5.74) is 0.0700. The van der Waals surface area contributed by atoms with Crippen LogP contribution in [0, 0.1) is 11.6 Å². The van der Waals surface area contributed by atoms with E-state index in [4.69, 9.17) is 0 Å². The van der Waals surface area contributed by atoms with Gasteiger partial charge in [0.15, 0.2) is 11.6 Å². The molecular weight excluding hydrogens is 494 g/mol. The van der Waals surface area contributed by atoms with Crippen LogP contribution in [-0.2, 0) is 12.1 Å². The van der Waals surface area contributed by atoms with E-state index in [0.29, 0.717) is 62.4 Å². The highest BCUT2D eigenvalue weighted by Crippen LogP contribution is 2.37. The average Bonchev–Trinajstić information content (AvgIpc) is 3.24. The summed E-state index contributed by atoms with van der Waals surface area (Å²) in [4.78, 5) is 31.7. The molecule has 1 fully saturated rings. The molecule has 9 nitrogen and oxygen atoms in total. The van der Waals surface area contributed by atoms with Crippen molar-refractivity contribution in [1.29, 1.82) is 0 Å². The van der Waals surface area contributed by atoms with Crippen LogP contribution in [0.3, 0.4) is 0 Å². The molecule has 3 N–H and O–H groups in total. The van der Waals surface area contributed by atoms with E-state index in [9.17, 15) is 23.5 Å². The van der Waals surface area contributed by atoms with E-state index in [1.807, 2.05) is 4.57 Å². The minimum atomic E-state index is -1.22. The number of hydrogen-bond donors (Lipinski definition) is 3. The predicted molar refractivity (Wildman–Crippen MR) is 135 cm³/mol. The van der Waals surface area contributed by atoms with Crippen molar-refractivity contribution in [2.75, 3.05) is 13.1 Å². The number of hydrogen-bond acceptors (Lipinski definition) is 5. The molecule has 0 saturated carbocycles. The molecule has 0 bridgehead atoms. The Kier molecular flexibility index (Phi) is 7.04. The van der Waals surface area contributed by atoms with Gasteiger partial charge in [-0.15, -0.1) is 0 Å². The standard InChI is InChI=1S/C27H32F2N6O3/c1-27(2,38)22-14-30-24-21(7-6-17(15-35(22)24)18-4-3-5-20(28)23(18)29)32-26(37)34-12-9-16(10-13-34)19-8-11-31-33-25(19)36/h3-5,8,11,14,16-17,21,38H,6-7,9-10,12-13,15H2,1-2H3,(H,32,37)(H,33,36)/t17-,21-/m1/s1. The van der Waals surface area contributed by atoms with Crippen LogP contribution in [-0.4, -0.2) is 48.9 Å². The van der Waals surface area contributed by atoms with Gasteiger partial charge in [0.2, 0.25) is 0 Å². The van der Waals surface area contributed by atoms with E-state index >= 15 is 0 Å². The highest BCUT2D eigenvalue weighted by molar-refractivity contribution is 5.74. The lowest BCUT2D eigenvalue weighted by atomic mass is 9.90. The van der Waals surface area contributed by atoms with Gasteiger partial charge < -0.3 is 19.9 Å². The molecule has 38 heavy (non-hydrogen) atoms. The van der Waals surface area contributed by atoms with Crippen LogP contribution in [0.4, 0.5) is 13.6 Å². The van der Waals surface area contributed by atoms with Crippen molar-refractivity contribution in [3.05, 3.63) is 81.3 Å². The molecule has 0 radical (unpaired) electrons. The molecule has 2 aliphatic rings. The van der Waals surface area contributed by atoms with Gasteiger partial charge in [0.05, 0.1) is 17.9 Å². The predicted octanol–water partition coefficient (Wildman–Crippen LogP) is 3.68. The van der Waals surface area contributed by atoms with Gasteiger partial charge in [-0.05, 0) is 63.1 Å². The van der Waals surface area contributed by atoms with Gasteiger partial charge in [-0.1, -0.05) is 12.1 Å². The van der Waals surface area contributed by atoms with Gasteiger partial charge in [0.1, 0.15) is 11.4 Å². The molecule has 0 aliphatic carbocycles. The van der Waals surface area contributed by atoms with Gasteiger partial charge in [-0.2, -0.15) is 5.10 Å². The van der Waals surface area contributed by atoms with Crippen LogP contribution in [0.5, 0.6) is 0 Å². The van der Waals surface area contributed by atoms with Crippen molar-refractivity contribution in [1.82, 2.24) is 30.0 Å². The zero-order valence-electron chi connectivity index (χ0n) is 21.5. The topological polar surface area (TPSA) is 116 Å². The number of piperidine rings is 1. The molecule has 0 unspecified atom stereocenters. The van der Waals surface area contributed by atoms with Crippen LogP contribution < -0.4 is 10.9 Å². The monoisotopic (exact) mass is 526 g/mol. The first-order valence-electron chi connectivity index (χ1n) is 12.9. The molecule has 2 aromatic heterocycles. The zero-order valence-corrected chi connectivity index (χ0v) is 21.5. The number of nitrogens with one attached hydrogen (secondary N) is 2. The maximum absolute atomic E-state index is 14.7. The molecule has 3 aromatic rings. The largest absolute Gasteiger partial charge is 0.384 e. The maximum atomic E-state index is 14.7. The number of urea groups is 1. The number of amides is 2. The second-order valence-electron chi connectivity index (χ2n) is 10.7. The van der Waals surface area contributed by atoms with Crippen molar-refractivity contribution in [3.63, 3.8) is 0 Å². The number of carbonyl (C=O) groups excluding carboxylic acids is 1. The van der Waals surface area contributed by atoms with E-state index in [1.165, 1.54) is 6.07 Å². The lowest BCUT2D eigenvalue weighted by Crippen LogP contribution is -2.46. The Bertz CT molecular complexity index is 1370. The van der Waals surface area contributed by atoms with Gasteiger partial charge in [0.25, 0.3) is 5.56 Å². The fraction of sp³-hybridized carbons (Fsp3) is 0.481. The van der Waals surface area contributed by atoms with Crippen LogP contribution in [0.2, 0.25) is 0 Å². The number of nitrogens with zero attached hydrogens (tertiary/aromatic N) is 4. The average molecular weight is 527 g/mol. The summed E-state index contributed by atoms with van der Waals surface area (Å²) in [6.07, 6.45) is 5.42. The number of H-pyrrole nitrogens is 1. The van der Waals surface area contributed by atoms with Crippen LogP contribution in [0.15, 0.2) is 41.5 Å². The lowest BCUT2D eigenvalue weighted by Gasteiger charge is -2.33. The van der Waals surface area contributed by atoms with Crippen molar-refractivity contribution in [2.24, 2.45) is 0 Å². The Morgan fingerprint density at radius 3 is 2.58 bits per heavy atom. The minimum absolute atomic E-state index is 0.0545. The third-order valence-corrected chi connectivity index (χ3v) is 7.73. The number of aromatic amines is 1. The number of fused-ring (bicyclic) bond motifs is 1. The molecular formula is C27H32F2N6O3. The first-order chi connectivity index (χ1) is 18.1. The second kappa shape index (κ2) is 10.3. The molecule has 11 heteroatoms. The van der Waals surface area contributed by atoms with E-state index in [1.54, 1.807) is 43.3 Å². The summed E-state index contributed by atoms with van der Waals surface area (Å²) >= 11 is 0. The summed E-state index contributed by atoms with van der Waals surface area (Å²) in [6.45, 7) is 4.57. The Morgan fingerprint density at radius 2 is 1.87 bits per heavy atom. The van der Waals surface area contributed by atoms with Crippen molar-refractivity contribution >= 4 is 6.03 Å². The van der Waals surface area contributed by atoms with Crippen molar-refractivity contribution in [3.8, 4) is 0 Å². The number of aliphatic hydroxyl groups is 1. The Morgan fingerprint density at radius 1 is 1.11 bits per heavy atom. The minimum Gasteiger partial charge on any atom is -0.384 e. The first-order valence-corrected chi connectivity index (χ1v) is 12.9. The van der Waals surface area contributed by atoms with E-state index < -0.39 is 23.3 Å². The van der Waals surface area contributed by atoms with Crippen LogP contribution >= 0.6 is 0 Å². The molecule has 1 saturated heterocycles. The van der Waals surface area contributed by atoms with Crippen molar-refractivity contribution in [2.45, 2.75) is 69.6 Å². The summed E-state index contributed by atoms with van der Waals surface area (Å²) < 4.78 is 30.6. The van der Waals surface area contributed by atoms with E-state index in [0.717, 1.165) is 6.07 Å². The maximum Gasteiger partial charge on any atom is 0.317 e. The molecule has 1 aromatic carbocycles. The van der Waals surface area contributed by atoms with E-state index in [2.05, 4.69) is 20.5 Å². The number of halogens is 2. The highest BCUT2D eigenvalue weighted by Gasteiger charge is 2.34. The molecule has 2 aliphatic heterocycles. The summed E-state index contributed by atoms with van der Waals surface area (Å²) in [7, 11) is 0. The quantitative estimate of drug-likeness (QED) is 0.480. The smallest absolute Gasteiger partial charge is 0.317 e. The fourth-order valence-corrected chi connectivity index (χ4v) is 5.69. The molecule has 202 valence electrons. The Labute approximate surface area is 218 Å². The van der Waals surface area contributed by atoms with Crippen LogP contribution in [0.25, 0.3) is 0 Å². The van der Waals surface area contributed by atoms with Crippen LogP contribution in [0.1, 0.15) is 80.1 Å². The summed E-state index contributed by atoms with van der Waals surface area (Å²) in [5.74, 6) is -1.51. The zero-order chi connectivity index (χ0) is 27.0. The van der Waals surface area contributed by atoms with Gasteiger partial charge in [-0.25, -0.2) is 23.7 Å². The molecule has 2 atom stereocenters. The second-order valence-corrected chi connectivity index (χ2v) is 10.7. The molecule has 5 rings (SSSR count). The number of aromatic nitrogens is 4. The van der Waals surface area contributed by atoms with E-state index in [-0.39, 0.29) is 29.0 Å². The lowest BCUT2D eigenvalue weighted by molar-refractivity contribution is 0.0690. The summed E-state index contributed by atoms with van der Waals surface area (Å²) in [5, 5.41) is 20.1. The molecule has 0 spiro atoms. The number of rotatable bonds is 4. The molecule has 4 heterocycles. The van der Waals surface area contributed by atoms with Crippen molar-refractivity contribution < 1.29 is 18.7 Å². The van der Waals surface area contributed by atoms with Gasteiger partial charge in [-0.3, -0.25) is 4.79 Å². The SMILES string of the molecule is CC(C)(O)c1cnc2n1C[C@H](c1cccc(F)c1F)CC[C@H]2NC(=O)N1CCC(c2ccn[nH]c2=O)CC1. The number of likely N-dealkylation sites (tertiary alicyclic amines) is 1. The summed E-state index contributed by atoms with van der Waals surface area (Å²) in [6, 6.07) is 5.18. The third kappa shape index (κ3) is 5.07. The Hall–Kier alpha value is -3.60. The number of imidazole rings is 1. The third-order valence-electron chi connectivity index (χ3n) is 7.73.